The molecule has 0 aliphatic rings. The van der Waals surface area contributed by atoms with Crippen LogP contribution >= 0.6 is 0 Å². The van der Waals surface area contributed by atoms with Gasteiger partial charge in [-0.05, 0) is 30.7 Å². The number of rotatable bonds is 7. The molecule has 3 N–H and O–H groups in total. The molecule has 9 heteroatoms. The van der Waals surface area contributed by atoms with Crippen molar-refractivity contribution in [3.05, 3.63) is 47.0 Å². The smallest absolute Gasteiger partial charge is 0.416 e. The maximum absolute atomic E-state index is 12.8. The van der Waals surface area contributed by atoms with Crippen LogP contribution < -0.4 is 25.3 Å². The van der Waals surface area contributed by atoms with Crippen LogP contribution in [0.1, 0.15) is 21.5 Å². The number of nitrogens with one attached hydrogen (secondary N) is 1. The fraction of sp³-hybridized carbons (Fsp3) is 0.316. The van der Waals surface area contributed by atoms with E-state index in [0.29, 0.717) is 23.7 Å². The highest BCUT2D eigenvalue weighted by Gasteiger charge is 2.31. The molecule has 0 fully saturated rings. The number of nitrogen functional groups attached to an aromatic ring is 1. The molecule has 0 saturated heterocycles. The minimum Gasteiger partial charge on any atom is -0.493 e. The van der Waals surface area contributed by atoms with Crippen LogP contribution in [0.2, 0.25) is 0 Å². The largest absolute Gasteiger partial charge is 0.493 e. The summed E-state index contributed by atoms with van der Waals surface area (Å²) in [6.45, 7) is 0.153. The first-order chi connectivity index (χ1) is 13.2. The van der Waals surface area contributed by atoms with Crippen molar-refractivity contribution in [1.29, 1.82) is 0 Å². The summed E-state index contributed by atoms with van der Waals surface area (Å²) in [5, 5.41) is 2.57. The van der Waals surface area contributed by atoms with Gasteiger partial charge in [0.1, 0.15) is 0 Å². The van der Waals surface area contributed by atoms with Gasteiger partial charge in [0.05, 0.1) is 32.5 Å². The van der Waals surface area contributed by atoms with Crippen molar-refractivity contribution in [1.82, 2.24) is 5.32 Å². The van der Waals surface area contributed by atoms with Gasteiger partial charge >= 0.3 is 6.18 Å². The first-order valence-corrected chi connectivity index (χ1v) is 8.25. The van der Waals surface area contributed by atoms with E-state index in [1.54, 1.807) is 12.1 Å². The number of methoxy groups -OCH3 is 3. The van der Waals surface area contributed by atoms with E-state index in [9.17, 15) is 18.0 Å². The Bertz CT molecular complexity index is 854. The highest BCUT2D eigenvalue weighted by Crippen LogP contribution is 2.39. The third-order valence-corrected chi connectivity index (χ3v) is 4.09. The molecule has 0 radical (unpaired) electrons. The quantitative estimate of drug-likeness (QED) is 0.700. The predicted octanol–water partition coefficient (Wildman–Crippen LogP) is 3.29. The molecule has 6 nitrogen and oxygen atoms in total. The topological polar surface area (TPSA) is 82.8 Å². The minimum atomic E-state index is -4.56. The molecular weight excluding hydrogens is 377 g/mol. The summed E-state index contributed by atoms with van der Waals surface area (Å²) in [6, 6.07) is 6.09. The second-order valence-corrected chi connectivity index (χ2v) is 5.80. The van der Waals surface area contributed by atoms with Crippen LogP contribution in [0.3, 0.4) is 0 Å². The molecule has 2 aromatic carbocycles. The van der Waals surface area contributed by atoms with E-state index in [2.05, 4.69) is 5.32 Å². The van der Waals surface area contributed by atoms with Crippen molar-refractivity contribution >= 4 is 11.6 Å². The summed E-state index contributed by atoms with van der Waals surface area (Å²) in [6.07, 6.45) is -4.20. The fourth-order valence-corrected chi connectivity index (χ4v) is 2.70. The van der Waals surface area contributed by atoms with Gasteiger partial charge in [-0.1, -0.05) is 6.07 Å². The zero-order valence-corrected chi connectivity index (χ0v) is 15.6. The Hall–Kier alpha value is -3.10. The Morgan fingerprint density at radius 3 is 2.29 bits per heavy atom. The monoisotopic (exact) mass is 398 g/mol. The van der Waals surface area contributed by atoms with Gasteiger partial charge in [-0.15, -0.1) is 0 Å². The Morgan fingerprint density at radius 2 is 1.71 bits per heavy atom. The second kappa shape index (κ2) is 8.73. The average molecular weight is 398 g/mol. The van der Waals surface area contributed by atoms with Gasteiger partial charge < -0.3 is 25.3 Å². The van der Waals surface area contributed by atoms with Crippen LogP contribution in [0.25, 0.3) is 0 Å². The number of hydrogen-bond donors (Lipinski definition) is 2. The van der Waals surface area contributed by atoms with Crippen molar-refractivity contribution < 1.29 is 32.2 Å². The Balaban J connectivity index is 2.13. The number of hydrogen-bond acceptors (Lipinski definition) is 5. The second-order valence-electron chi connectivity index (χ2n) is 5.80. The van der Waals surface area contributed by atoms with E-state index in [-0.39, 0.29) is 17.8 Å². The van der Waals surface area contributed by atoms with Crippen molar-refractivity contribution in [2.24, 2.45) is 0 Å². The molecule has 0 aliphatic heterocycles. The zero-order valence-electron chi connectivity index (χ0n) is 15.6. The Morgan fingerprint density at radius 1 is 1.04 bits per heavy atom. The van der Waals surface area contributed by atoms with Gasteiger partial charge in [-0.2, -0.15) is 13.2 Å². The molecular formula is C19H21F3N2O4. The van der Waals surface area contributed by atoms with Crippen molar-refractivity contribution in [2.45, 2.75) is 12.6 Å². The molecule has 2 aromatic rings. The Kier molecular flexibility index (Phi) is 6.61. The number of carbonyl (C=O) groups is 1. The lowest BCUT2D eigenvalue weighted by Crippen LogP contribution is -2.27. The lowest BCUT2D eigenvalue weighted by molar-refractivity contribution is -0.137. The van der Waals surface area contributed by atoms with Gasteiger partial charge in [-0.25, -0.2) is 0 Å². The molecule has 0 aliphatic carbocycles. The van der Waals surface area contributed by atoms with Crippen LogP contribution in [0.5, 0.6) is 17.2 Å². The molecule has 0 atom stereocenters. The molecule has 0 spiro atoms. The fourth-order valence-electron chi connectivity index (χ4n) is 2.70. The number of halogens is 3. The van der Waals surface area contributed by atoms with Gasteiger partial charge in [0.15, 0.2) is 11.5 Å². The maximum Gasteiger partial charge on any atom is 0.416 e. The predicted molar refractivity (Wildman–Crippen MR) is 98.0 cm³/mol. The number of amides is 1. The zero-order chi connectivity index (χ0) is 20.9. The highest BCUT2D eigenvalue weighted by atomic mass is 19.4. The third kappa shape index (κ3) is 4.59. The molecule has 0 heterocycles. The van der Waals surface area contributed by atoms with Gasteiger partial charge in [0, 0.05) is 17.8 Å². The number of anilines is 1. The third-order valence-electron chi connectivity index (χ3n) is 4.09. The van der Waals surface area contributed by atoms with Gasteiger partial charge in [0.2, 0.25) is 5.75 Å². The van der Waals surface area contributed by atoms with Crippen LogP contribution in [0.15, 0.2) is 30.3 Å². The van der Waals surface area contributed by atoms with E-state index in [1.807, 2.05) is 0 Å². The normalized spacial score (nSPS) is 11.1. The Labute approximate surface area is 160 Å². The molecule has 0 aromatic heterocycles. The minimum absolute atomic E-state index is 0.0332. The van der Waals surface area contributed by atoms with Crippen LogP contribution in [-0.4, -0.2) is 33.8 Å². The first-order valence-electron chi connectivity index (χ1n) is 8.25. The molecule has 28 heavy (non-hydrogen) atoms. The van der Waals surface area contributed by atoms with E-state index >= 15 is 0 Å². The van der Waals surface area contributed by atoms with E-state index in [0.717, 1.165) is 23.8 Å². The van der Waals surface area contributed by atoms with E-state index in [1.165, 1.54) is 21.3 Å². The maximum atomic E-state index is 12.8. The van der Waals surface area contributed by atoms with Crippen LogP contribution in [0.4, 0.5) is 18.9 Å². The summed E-state index contributed by atoms with van der Waals surface area (Å²) in [7, 11) is 4.45. The molecule has 0 saturated carbocycles. The van der Waals surface area contributed by atoms with Crippen molar-refractivity contribution in [3.63, 3.8) is 0 Å². The van der Waals surface area contributed by atoms with Gasteiger partial charge in [0.25, 0.3) is 5.91 Å². The van der Waals surface area contributed by atoms with E-state index < -0.39 is 17.6 Å². The molecule has 0 bridgehead atoms. The summed E-state index contributed by atoms with van der Waals surface area (Å²) < 4.78 is 54.4. The SMILES string of the molecule is COc1ccc(CCNC(=O)c2cc(C(F)(F)F)ccc2N)c(OC)c1OC. The number of ether oxygens (including phenoxy) is 3. The summed E-state index contributed by atoms with van der Waals surface area (Å²) in [5.41, 5.74) is 5.19. The average Bonchev–Trinajstić information content (AvgIpc) is 2.66. The van der Waals surface area contributed by atoms with Crippen molar-refractivity contribution in [2.75, 3.05) is 33.6 Å². The van der Waals surface area contributed by atoms with E-state index in [4.69, 9.17) is 19.9 Å². The molecule has 2 rings (SSSR count). The van der Waals surface area contributed by atoms with Crippen molar-refractivity contribution in [3.8, 4) is 17.2 Å². The molecule has 152 valence electrons. The standard InChI is InChI=1S/C19H21F3N2O4/c1-26-15-7-4-11(16(27-2)17(15)28-3)8-9-24-18(25)13-10-12(19(20,21)22)5-6-14(13)23/h4-7,10H,8-9,23H2,1-3H3,(H,24,25). The number of alkyl halides is 3. The number of nitrogens with two attached hydrogens (primary N) is 1. The number of carbonyl (C=O) groups excluding carboxylic acids is 1. The van der Waals surface area contributed by atoms with Crippen LogP contribution in [-0.2, 0) is 12.6 Å². The lowest BCUT2D eigenvalue weighted by Gasteiger charge is -2.16. The lowest BCUT2D eigenvalue weighted by atomic mass is 10.1. The summed E-state index contributed by atoms with van der Waals surface area (Å²) in [5.74, 6) is 0.664. The first kappa shape index (κ1) is 21.2. The summed E-state index contributed by atoms with van der Waals surface area (Å²) >= 11 is 0. The highest BCUT2D eigenvalue weighted by molar-refractivity contribution is 5.99. The molecule has 1 amide bonds. The molecule has 0 unspecified atom stereocenters. The van der Waals surface area contributed by atoms with Crippen LogP contribution in [0, 0.1) is 0 Å². The van der Waals surface area contributed by atoms with Gasteiger partial charge in [-0.3, -0.25) is 4.79 Å². The number of benzene rings is 2. The summed E-state index contributed by atoms with van der Waals surface area (Å²) in [4.78, 5) is 12.3.